The Morgan fingerprint density at radius 2 is 1.19 bits per heavy atom. The third-order valence-electron chi connectivity index (χ3n) is 13.0. The van der Waals surface area contributed by atoms with Crippen LogP contribution in [0.25, 0.3) is 22.3 Å². The van der Waals surface area contributed by atoms with Gasteiger partial charge in [-0.2, -0.15) is 0 Å². The molecule has 2 atom stereocenters. The first-order valence-corrected chi connectivity index (χ1v) is 22.2. The van der Waals surface area contributed by atoms with Crippen molar-refractivity contribution in [2.75, 3.05) is 12.0 Å². The zero-order chi connectivity index (χ0) is 40.5. The quantitative estimate of drug-likeness (QED) is 0.0785. The first kappa shape index (κ1) is 42.0. The van der Waals surface area contributed by atoms with Crippen molar-refractivity contribution in [2.24, 2.45) is 11.8 Å². The van der Waals surface area contributed by atoms with Gasteiger partial charge in [-0.1, -0.05) is 160 Å². The maximum atomic E-state index is 12.6. The molecule has 5 aromatic carbocycles. The maximum Gasteiger partial charge on any atom is 0.337 e. The lowest BCUT2D eigenvalue weighted by molar-refractivity contribution is 0.0600. The molecule has 6 rings (SSSR count). The van der Waals surface area contributed by atoms with E-state index in [1.54, 1.807) is 11.1 Å². The molecule has 3 nitrogen and oxygen atoms in total. The Morgan fingerprint density at radius 3 is 1.74 bits per heavy atom. The molecule has 2 unspecified atom stereocenters. The number of hydrogen-bond acceptors (Lipinski definition) is 3. The number of hydrogen-bond donors (Lipinski definition) is 0. The van der Waals surface area contributed by atoms with Crippen LogP contribution in [-0.2, 0) is 16.6 Å². The summed E-state index contributed by atoms with van der Waals surface area (Å²) in [6, 6.07) is 40.3. The topological polar surface area (TPSA) is 29.5 Å². The zero-order valence-electron chi connectivity index (χ0n) is 36.2. The van der Waals surface area contributed by atoms with E-state index in [2.05, 4.69) is 144 Å². The molecule has 1 aliphatic carbocycles. The minimum absolute atomic E-state index is 0.0134. The molecule has 3 heteroatoms. The number of anilines is 3. The van der Waals surface area contributed by atoms with Gasteiger partial charge in [0.15, 0.2) is 0 Å². The van der Waals surface area contributed by atoms with Gasteiger partial charge in [0.2, 0.25) is 0 Å². The number of carbonyl (C=O) groups excluding carboxylic acids is 1. The van der Waals surface area contributed by atoms with E-state index in [4.69, 9.17) is 4.74 Å². The van der Waals surface area contributed by atoms with Crippen LogP contribution in [0.2, 0.25) is 0 Å². The molecule has 300 valence electrons. The van der Waals surface area contributed by atoms with Gasteiger partial charge in [-0.25, -0.2) is 4.79 Å². The van der Waals surface area contributed by atoms with E-state index in [1.807, 2.05) is 18.2 Å². The molecule has 0 amide bonds. The average Bonchev–Trinajstić information content (AvgIpc) is 3.51. The van der Waals surface area contributed by atoms with Crippen molar-refractivity contribution in [1.29, 1.82) is 0 Å². The van der Waals surface area contributed by atoms with Crippen LogP contribution in [0.15, 0.2) is 109 Å². The lowest BCUT2D eigenvalue weighted by Crippen LogP contribution is -2.31. The number of nitrogens with zero attached hydrogens (tertiary/aromatic N) is 1. The number of methoxy groups -OCH3 is 1. The number of aryl methyl sites for hydroxylation is 1. The summed E-state index contributed by atoms with van der Waals surface area (Å²) in [5.74, 6) is 1.53. The van der Waals surface area contributed by atoms with Crippen molar-refractivity contribution in [3.63, 3.8) is 0 Å². The molecule has 0 aliphatic heterocycles. The Hall–Kier alpha value is -4.63. The smallest absolute Gasteiger partial charge is 0.337 e. The van der Waals surface area contributed by atoms with E-state index < -0.39 is 0 Å². The summed E-state index contributed by atoms with van der Waals surface area (Å²) >= 11 is 0. The van der Waals surface area contributed by atoms with Gasteiger partial charge in [0.1, 0.15) is 0 Å². The molecular formula is C54H67NO2. The Morgan fingerprint density at radius 1 is 0.632 bits per heavy atom. The summed E-state index contributed by atoms with van der Waals surface area (Å²) in [5.41, 5.74) is 14.8. The molecule has 0 spiro atoms. The van der Waals surface area contributed by atoms with Gasteiger partial charge in [0.25, 0.3) is 0 Å². The van der Waals surface area contributed by atoms with Crippen molar-refractivity contribution < 1.29 is 9.53 Å². The number of fused-ring (bicyclic) bond motifs is 3. The highest BCUT2D eigenvalue weighted by Gasteiger charge is 2.45. The van der Waals surface area contributed by atoms with Gasteiger partial charge in [0, 0.05) is 22.5 Å². The fourth-order valence-electron chi connectivity index (χ4n) is 9.47. The monoisotopic (exact) mass is 762 g/mol. The normalized spacial score (nSPS) is 15.6. The minimum Gasteiger partial charge on any atom is -0.465 e. The second-order valence-electron chi connectivity index (χ2n) is 17.0. The van der Waals surface area contributed by atoms with Crippen LogP contribution in [0.4, 0.5) is 17.1 Å². The summed E-state index contributed by atoms with van der Waals surface area (Å²) < 4.78 is 5.09. The molecule has 0 saturated carbocycles. The SMILES string of the molecule is CCCCC(CC)CC1(CC(CC)CCCC)c2cc(-c3ccc(N(c4ccc(CC)cc4)c4cccc(C(=O)OC)c4)cc3)ccc2-c2ccc(C(C)C)cc21. The Kier molecular flexibility index (Phi) is 14.2. The molecule has 0 N–H and O–H groups in total. The van der Waals surface area contributed by atoms with Crippen LogP contribution >= 0.6 is 0 Å². The third-order valence-corrected chi connectivity index (χ3v) is 13.0. The zero-order valence-corrected chi connectivity index (χ0v) is 36.2. The number of ether oxygens (including phenoxy) is 1. The van der Waals surface area contributed by atoms with E-state index in [-0.39, 0.29) is 11.4 Å². The van der Waals surface area contributed by atoms with Crippen molar-refractivity contribution in [3.05, 3.63) is 137 Å². The predicted octanol–water partition coefficient (Wildman–Crippen LogP) is 15.8. The maximum absolute atomic E-state index is 12.6. The van der Waals surface area contributed by atoms with E-state index in [0.717, 1.165) is 23.5 Å². The number of benzene rings is 5. The third kappa shape index (κ3) is 9.09. The van der Waals surface area contributed by atoms with Gasteiger partial charge < -0.3 is 9.64 Å². The van der Waals surface area contributed by atoms with Gasteiger partial charge in [-0.05, 0) is 130 Å². The standard InChI is InChI=1S/C54H67NO2/c1-9-14-17-40(12-4)36-54(37-41(13-5)18-15-10-2)51-34-43(38(6)7)25-31-49(51)50-32-26-44(35-52(50)54)42-23-29-47(30-24-42)55(46-27-21-39(11-3)22-28-46)48-20-16-19-45(33-48)53(56)57-8/h16,19-35,38,40-41H,9-15,17-18,36-37H2,1-8H3. The fourth-order valence-corrected chi connectivity index (χ4v) is 9.47. The van der Waals surface area contributed by atoms with Gasteiger partial charge >= 0.3 is 5.97 Å². The van der Waals surface area contributed by atoms with Crippen LogP contribution in [0, 0.1) is 11.8 Å². The minimum atomic E-state index is -0.338. The summed E-state index contributed by atoms with van der Waals surface area (Å²) in [7, 11) is 1.43. The van der Waals surface area contributed by atoms with Crippen LogP contribution in [0.1, 0.15) is 151 Å². The average molecular weight is 762 g/mol. The Balaban J connectivity index is 1.47. The fraction of sp³-hybridized carbons (Fsp3) is 0.426. The van der Waals surface area contributed by atoms with Crippen molar-refractivity contribution in [2.45, 2.75) is 130 Å². The molecule has 0 radical (unpaired) electrons. The number of carbonyl (C=O) groups is 1. The number of unbranched alkanes of at least 4 members (excludes halogenated alkanes) is 2. The summed E-state index contributed by atoms with van der Waals surface area (Å²) in [5, 5.41) is 0. The molecular weight excluding hydrogens is 695 g/mol. The first-order chi connectivity index (χ1) is 27.7. The van der Waals surface area contributed by atoms with E-state index in [1.165, 1.54) is 105 Å². The highest BCUT2D eigenvalue weighted by molar-refractivity contribution is 5.92. The van der Waals surface area contributed by atoms with Gasteiger partial charge in [-0.15, -0.1) is 0 Å². The molecule has 0 aromatic heterocycles. The highest BCUT2D eigenvalue weighted by Crippen LogP contribution is 2.57. The molecule has 0 fully saturated rings. The summed E-state index contributed by atoms with van der Waals surface area (Å²) in [4.78, 5) is 14.8. The lowest BCUT2D eigenvalue weighted by atomic mass is 9.64. The van der Waals surface area contributed by atoms with Crippen molar-refractivity contribution in [1.82, 2.24) is 0 Å². The highest BCUT2D eigenvalue weighted by atomic mass is 16.5. The number of rotatable bonds is 19. The molecule has 0 bridgehead atoms. The number of esters is 1. The van der Waals surface area contributed by atoms with Crippen LogP contribution in [0.3, 0.4) is 0 Å². The Labute approximate surface area is 344 Å². The largest absolute Gasteiger partial charge is 0.465 e. The van der Waals surface area contributed by atoms with Crippen LogP contribution in [-0.4, -0.2) is 13.1 Å². The second kappa shape index (κ2) is 19.2. The second-order valence-corrected chi connectivity index (χ2v) is 17.0. The molecule has 1 aliphatic rings. The van der Waals surface area contributed by atoms with E-state index in [9.17, 15) is 4.79 Å². The molecule has 5 aromatic rings. The summed E-state index contributed by atoms with van der Waals surface area (Å²) in [6.45, 7) is 16.4. The van der Waals surface area contributed by atoms with E-state index in [0.29, 0.717) is 23.3 Å². The molecule has 0 heterocycles. The predicted molar refractivity (Wildman–Crippen MR) is 243 cm³/mol. The molecule has 0 saturated heterocycles. The van der Waals surface area contributed by atoms with Crippen molar-refractivity contribution >= 4 is 23.0 Å². The van der Waals surface area contributed by atoms with Gasteiger partial charge in [-0.3, -0.25) is 0 Å². The van der Waals surface area contributed by atoms with Crippen molar-refractivity contribution in [3.8, 4) is 22.3 Å². The van der Waals surface area contributed by atoms with Crippen LogP contribution < -0.4 is 4.90 Å². The lowest BCUT2D eigenvalue weighted by Gasteiger charge is -2.39. The summed E-state index contributed by atoms with van der Waals surface area (Å²) in [6.07, 6.45) is 13.6. The molecule has 57 heavy (non-hydrogen) atoms. The van der Waals surface area contributed by atoms with Gasteiger partial charge in [0.05, 0.1) is 12.7 Å². The van der Waals surface area contributed by atoms with E-state index >= 15 is 0 Å². The van der Waals surface area contributed by atoms with Crippen LogP contribution in [0.5, 0.6) is 0 Å². The first-order valence-electron chi connectivity index (χ1n) is 22.2. The Bertz CT molecular complexity index is 2060.